The Balaban J connectivity index is 2.29. The molecule has 14 heavy (non-hydrogen) atoms. The first-order valence-electron chi connectivity index (χ1n) is 4.97. The highest BCUT2D eigenvalue weighted by atomic mass is 16.3. The zero-order valence-corrected chi connectivity index (χ0v) is 8.66. The average Bonchev–Trinajstić information content (AvgIpc) is 2.64. The highest BCUT2D eigenvalue weighted by Crippen LogP contribution is 2.39. The monoisotopic (exact) mass is 192 g/mol. The Morgan fingerprint density at radius 1 is 1.29 bits per heavy atom. The van der Waals surface area contributed by atoms with Crippen LogP contribution in [0.5, 0.6) is 0 Å². The van der Waals surface area contributed by atoms with Gasteiger partial charge in [-0.3, -0.25) is 0 Å². The van der Waals surface area contributed by atoms with Gasteiger partial charge in [-0.2, -0.15) is 0 Å². The maximum atomic E-state index is 10.3. The lowest BCUT2D eigenvalue weighted by Gasteiger charge is -2.34. The van der Waals surface area contributed by atoms with Gasteiger partial charge in [0.2, 0.25) is 0 Å². The van der Waals surface area contributed by atoms with E-state index in [4.69, 9.17) is 4.42 Å². The van der Waals surface area contributed by atoms with Gasteiger partial charge in [0, 0.05) is 5.56 Å². The summed E-state index contributed by atoms with van der Waals surface area (Å²) >= 11 is 0. The quantitative estimate of drug-likeness (QED) is 0.694. The molecule has 2 rings (SSSR count). The van der Waals surface area contributed by atoms with Crippen LogP contribution >= 0.6 is 0 Å². The molecule has 76 valence electrons. The Hall–Kier alpha value is -1.02. The molecule has 2 heteroatoms. The lowest BCUT2D eigenvalue weighted by Crippen LogP contribution is -2.29. The lowest BCUT2D eigenvalue weighted by atomic mass is 9.75. The van der Waals surface area contributed by atoms with E-state index in [1.54, 1.807) is 12.5 Å². The zero-order chi connectivity index (χ0) is 10.2. The minimum absolute atomic E-state index is 0.204. The van der Waals surface area contributed by atoms with Crippen molar-refractivity contribution in [1.82, 2.24) is 0 Å². The first kappa shape index (κ1) is 9.53. The summed E-state index contributed by atoms with van der Waals surface area (Å²) in [4.78, 5) is 0. The van der Waals surface area contributed by atoms with E-state index in [1.807, 2.05) is 12.1 Å². The molecule has 0 saturated carbocycles. The van der Waals surface area contributed by atoms with Crippen molar-refractivity contribution >= 4 is 0 Å². The van der Waals surface area contributed by atoms with Gasteiger partial charge in [0.1, 0.15) is 5.60 Å². The summed E-state index contributed by atoms with van der Waals surface area (Å²) in [5.41, 5.74) is 0.239. The van der Waals surface area contributed by atoms with Crippen LogP contribution in [0.3, 0.4) is 0 Å². The lowest BCUT2D eigenvalue weighted by molar-refractivity contribution is 0.0575. The van der Waals surface area contributed by atoms with Crippen LogP contribution in [0.15, 0.2) is 35.2 Å². The van der Waals surface area contributed by atoms with Crippen molar-refractivity contribution in [3.05, 3.63) is 36.3 Å². The molecule has 1 N–H and O–H groups in total. The standard InChI is InChI=1S/C12H16O2/c1-11(2)4-6-12(13,7-5-11)10-3-8-14-9-10/h3-4,6,8-9,13H,5,7H2,1-2H3. The van der Waals surface area contributed by atoms with Gasteiger partial charge in [-0.1, -0.05) is 26.0 Å². The van der Waals surface area contributed by atoms with Crippen molar-refractivity contribution in [2.75, 3.05) is 0 Å². The molecule has 0 radical (unpaired) electrons. The van der Waals surface area contributed by atoms with Gasteiger partial charge in [-0.05, 0) is 24.3 Å². The maximum Gasteiger partial charge on any atom is 0.111 e. The smallest absolute Gasteiger partial charge is 0.111 e. The maximum absolute atomic E-state index is 10.3. The SMILES string of the molecule is CC1(C)C=CC(O)(c2ccoc2)CC1. The van der Waals surface area contributed by atoms with Crippen LogP contribution in [-0.4, -0.2) is 5.11 Å². The van der Waals surface area contributed by atoms with Gasteiger partial charge in [-0.25, -0.2) is 0 Å². The van der Waals surface area contributed by atoms with Crippen molar-refractivity contribution in [2.24, 2.45) is 5.41 Å². The van der Waals surface area contributed by atoms with Gasteiger partial charge >= 0.3 is 0 Å². The fourth-order valence-corrected chi connectivity index (χ4v) is 1.79. The summed E-state index contributed by atoms with van der Waals surface area (Å²) in [5.74, 6) is 0. The fourth-order valence-electron chi connectivity index (χ4n) is 1.79. The highest BCUT2D eigenvalue weighted by molar-refractivity contribution is 5.26. The predicted octanol–water partition coefficient (Wildman–Crippen LogP) is 2.84. The van der Waals surface area contributed by atoms with Gasteiger partial charge in [0.25, 0.3) is 0 Å². The van der Waals surface area contributed by atoms with E-state index in [0.29, 0.717) is 0 Å². The van der Waals surface area contributed by atoms with Crippen LogP contribution < -0.4 is 0 Å². The van der Waals surface area contributed by atoms with Crippen LogP contribution in [0.25, 0.3) is 0 Å². The molecular formula is C12H16O2. The average molecular weight is 192 g/mol. The van der Waals surface area contributed by atoms with Gasteiger partial charge < -0.3 is 9.52 Å². The number of furan rings is 1. The van der Waals surface area contributed by atoms with Crippen LogP contribution in [0.2, 0.25) is 0 Å². The predicted molar refractivity (Wildman–Crippen MR) is 54.8 cm³/mol. The Morgan fingerprint density at radius 2 is 2.07 bits per heavy atom. The van der Waals surface area contributed by atoms with Crippen molar-refractivity contribution in [3.63, 3.8) is 0 Å². The third-order valence-corrected chi connectivity index (χ3v) is 2.98. The number of allylic oxidation sites excluding steroid dienone is 1. The Labute approximate surface area is 84.2 Å². The number of hydrogen-bond donors (Lipinski definition) is 1. The van der Waals surface area contributed by atoms with Gasteiger partial charge in [-0.15, -0.1) is 0 Å². The van der Waals surface area contributed by atoms with E-state index >= 15 is 0 Å². The van der Waals surface area contributed by atoms with Crippen molar-refractivity contribution in [2.45, 2.75) is 32.3 Å². The summed E-state index contributed by atoms with van der Waals surface area (Å²) in [6, 6.07) is 1.82. The molecule has 1 aliphatic rings. The van der Waals surface area contributed by atoms with Crippen molar-refractivity contribution < 1.29 is 9.52 Å². The largest absolute Gasteiger partial charge is 0.472 e. The minimum Gasteiger partial charge on any atom is -0.472 e. The minimum atomic E-state index is -0.817. The van der Waals surface area contributed by atoms with E-state index in [-0.39, 0.29) is 5.41 Å². The molecule has 0 amide bonds. The fraction of sp³-hybridized carbons (Fsp3) is 0.500. The van der Waals surface area contributed by atoms with Crippen LogP contribution in [-0.2, 0) is 5.60 Å². The first-order valence-corrected chi connectivity index (χ1v) is 4.97. The van der Waals surface area contributed by atoms with E-state index in [0.717, 1.165) is 18.4 Å². The summed E-state index contributed by atoms with van der Waals surface area (Å²) in [6.45, 7) is 4.36. The molecule has 2 nitrogen and oxygen atoms in total. The zero-order valence-electron chi connectivity index (χ0n) is 8.66. The second-order valence-electron chi connectivity index (χ2n) is 4.76. The summed E-state index contributed by atoms with van der Waals surface area (Å²) in [5, 5.41) is 10.3. The third-order valence-electron chi connectivity index (χ3n) is 2.98. The number of aliphatic hydroxyl groups is 1. The third kappa shape index (κ3) is 1.62. The molecule has 1 aromatic heterocycles. The second kappa shape index (κ2) is 2.99. The molecule has 0 aromatic carbocycles. The normalized spacial score (nSPS) is 30.5. The van der Waals surface area contributed by atoms with Crippen molar-refractivity contribution in [1.29, 1.82) is 0 Å². The highest BCUT2D eigenvalue weighted by Gasteiger charge is 2.33. The molecule has 1 aromatic rings. The molecule has 1 aliphatic carbocycles. The summed E-state index contributed by atoms with van der Waals surface area (Å²) in [7, 11) is 0. The van der Waals surface area contributed by atoms with E-state index < -0.39 is 5.60 Å². The molecule has 1 heterocycles. The van der Waals surface area contributed by atoms with E-state index in [1.165, 1.54) is 0 Å². The number of rotatable bonds is 1. The Bertz CT molecular complexity index is 335. The Kier molecular flexibility index (Phi) is 2.04. The second-order valence-corrected chi connectivity index (χ2v) is 4.76. The van der Waals surface area contributed by atoms with Crippen LogP contribution in [0, 0.1) is 5.41 Å². The first-order chi connectivity index (χ1) is 6.52. The van der Waals surface area contributed by atoms with Gasteiger partial charge in [0.05, 0.1) is 12.5 Å². The Morgan fingerprint density at radius 3 is 2.57 bits per heavy atom. The molecule has 1 unspecified atom stereocenters. The van der Waals surface area contributed by atoms with Crippen LogP contribution in [0.1, 0.15) is 32.3 Å². The van der Waals surface area contributed by atoms with Crippen molar-refractivity contribution in [3.8, 4) is 0 Å². The topological polar surface area (TPSA) is 33.4 Å². The number of hydrogen-bond acceptors (Lipinski definition) is 2. The molecular weight excluding hydrogens is 176 g/mol. The molecule has 0 fully saturated rings. The molecule has 0 aliphatic heterocycles. The molecule has 0 saturated heterocycles. The van der Waals surface area contributed by atoms with Gasteiger partial charge in [0.15, 0.2) is 0 Å². The van der Waals surface area contributed by atoms with Crippen LogP contribution in [0.4, 0.5) is 0 Å². The van der Waals surface area contributed by atoms with E-state index in [2.05, 4.69) is 19.9 Å². The summed E-state index contributed by atoms with van der Waals surface area (Å²) in [6.07, 6.45) is 8.94. The van der Waals surface area contributed by atoms with E-state index in [9.17, 15) is 5.11 Å². The molecule has 0 spiro atoms. The molecule has 0 bridgehead atoms. The molecule has 1 atom stereocenters. The summed E-state index contributed by atoms with van der Waals surface area (Å²) < 4.78 is 4.99.